The average molecular weight is 557 g/mol. The fraction of sp³-hybridized carbons (Fsp3) is 0.0400. The van der Waals surface area contributed by atoms with Gasteiger partial charge in [-0.15, -0.1) is 11.3 Å². The molecule has 0 unspecified atom stereocenters. The normalized spacial score (nSPS) is 11.5. The van der Waals surface area contributed by atoms with Gasteiger partial charge in [0.1, 0.15) is 4.83 Å². The van der Waals surface area contributed by atoms with Crippen LogP contribution in [0.1, 0.15) is 15.4 Å². The number of halogens is 2. The predicted octanol–water partition coefficient (Wildman–Crippen LogP) is 6.76. The molecule has 7 nitrogen and oxygen atoms in total. The molecule has 36 heavy (non-hydrogen) atoms. The first-order valence-electron chi connectivity index (χ1n) is 10.6. The maximum atomic E-state index is 12.9. The van der Waals surface area contributed by atoms with Gasteiger partial charge in [-0.1, -0.05) is 23.2 Å². The maximum Gasteiger partial charge on any atom is 0.265 e. The van der Waals surface area contributed by atoms with Gasteiger partial charge in [0.05, 0.1) is 21.2 Å². The molecule has 3 aromatic carbocycles. The number of amides is 1. The molecule has 5 rings (SSSR count). The molecular weight excluding hydrogens is 539 g/mol. The van der Waals surface area contributed by atoms with Crippen molar-refractivity contribution in [2.45, 2.75) is 11.8 Å². The summed E-state index contributed by atoms with van der Waals surface area (Å²) in [6.45, 7) is 1.89. The number of fused-ring (bicyclic) bond motifs is 1. The minimum absolute atomic E-state index is 0.0657. The number of thiophene rings is 1. The molecule has 5 aromatic rings. The van der Waals surface area contributed by atoms with E-state index in [2.05, 4.69) is 15.1 Å². The topological polar surface area (TPSA) is 93.1 Å². The van der Waals surface area contributed by atoms with E-state index in [1.165, 1.54) is 23.5 Å². The Balaban J connectivity index is 1.33. The van der Waals surface area contributed by atoms with Gasteiger partial charge in [0, 0.05) is 26.8 Å². The van der Waals surface area contributed by atoms with Crippen molar-refractivity contribution >= 4 is 72.1 Å². The van der Waals surface area contributed by atoms with Gasteiger partial charge in [-0.3, -0.25) is 9.52 Å². The molecule has 1 amide bonds. The number of aromatic nitrogens is 2. The highest BCUT2D eigenvalue weighted by Gasteiger charge is 2.18. The summed E-state index contributed by atoms with van der Waals surface area (Å²) in [6.07, 6.45) is 0. The van der Waals surface area contributed by atoms with Crippen molar-refractivity contribution in [2.75, 3.05) is 10.0 Å². The lowest BCUT2D eigenvalue weighted by molar-refractivity contribution is 0.103. The smallest absolute Gasteiger partial charge is 0.265 e. The fourth-order valence-corrected chi connectivity index (χ4v) is 5.95. The Bertz CT molecular complexity index is 1680. The maximum absolute atomic E-state index is 12.9. The zero-order chi connectivity index (χ0) is 25.4. The van der Waals surface area contributed by atoms with E-state index < -0.39 is 10.0 Å². The molecule has 0 atom stereocenters. The number of nitrogens with one attached hydrogen (secondary N) is 2. The third kappa shape index (κ3) is 4.96. The molecule has 11 heteroatoms. The van der Waals surface area contributed by atoms with Gasteiger partial charge in [-0.25, -0.2) is 13.1 Å². The lowest BCUT2D eigenvalue weighted by Gasteiger charge is -2.09. The fourth-order valence-electron chi connectivity index (χ4n) is 3.56. The van der Waals surface area contributed by atoms with Crippen LogP contribution in [0, 0.1) is 6.92 Å². The summed E-state index contributed by atoms with van der Waals surface area (Å²) < 4.78 is 29.6. The number of carbonyl (C=O) groups is 1. The van der Waals surface area contributed by atoms with E-state index in [-0.39, 0.29) is 10.8 Å². The summed E-state index contributed by atoms with van der Waals surface area (Å²) in [6, 6.07) is 21.4. The minimum atomic E-state index is -3.79. The lowest BCUT2D eigenvalue weighted by Crippen LogP contribution is -2.13. The summed E-state index contributed by atoms with van der Waals surface area (Å²) in [5.74, 6) is -0.298. The van der Waals surface area contributed by atoms with E-state index in [1.807, 2.05) is 19.1 Å². The van der Waals surface area contributed by atoms with E-state index >= 15 is 0 Å². The summed E-state index contributed by atoms with van der Waals surface area (Å²) in [7, 11) is -3.79. The summed E-state index contributed by atoms with van der Waals surface area (Å²) in [5, 5.41) is 9.43. The lowest BCUT2D eigenvalue weighted by atomic mass is 10.3. The van der Waals surface area contributed by atoms with Crippen LogP contribution in [0.5, 0.6) is 0 Å². The Morgan fingerprint density at radius 2 is 1.47 bits per heavy atom. The van der Waals surface area contributed by atoms with Crippen molar-refractivity contribution in [3.05, 3.63) is 99.5 Å². The summed E-state index contributed by atoms with van der Waals surface area (Å²) in [4.78, 5) is 14.4. The third-order valence-electron chi connectivity index (χ3n) is 5.36. The van der Waals surface area contributed by atoms with E-state index in [1.54, 1.807) is 59.3 Å². The average Bonchev–Trinajstić information content (AvgIpc) is 3.42. The minimum Gasteiger partial charge on any atom is -0.321 e. The summed E-state index contributed by atoms with van der Waals surface area (Å²) in [5.41, 5.74) is 2.52. The Labute approximate surface area is 221 Å². The molecule has 0 radical (unpaired) electrons. The van der Waals surface area contributed by atoms with Crippen molar-refractivity contribution in [1.29, 1.82) is 0 Å². The van der Waals surface area contributed by atoms with Crippen LogP contribution in [0.25, 0.3) is 15.9 Å². The monoisotopic (exact) mass is 556 g/mol. The van der Waals surface area contributed by atoms with Gasteiger partial charge in [0.15, 0.2) is 0 Å². The van der Waals surface area contributed by atoms with Gasteiger partial charge in [-0.2, -0.15) is 5.10 Å². The van der Waals surface area contributed by atoms with E-state index in [4.69, 9.17) is 23.2 Å². The molecule has 0 aliphatic heterocycles. The van der Waals surface area contributed by atoms with Gasteiger partial charge in [0.2, 0.25) is 0 Å². The van der Waals surface area contributed by atoms with Crippen molar-refractivity contribution in [3.63, 3.8) is 0 Å². The SMILES string of the molecule is Cc1nn(-c2ccc(Cl)cc2)c2sc(C(=O)Nc3ccc(S(=O)(=O)Nc4ccc(Cl)cc4)cc3)cc12. The second-order valence-corrected chi connectivity index (χ2v) is 11.5. The molecule has 0 aliphatic rings. The number of rotatable bonds is 6. The summed E-state index contributed by atoms with van der Waals surface area (Å²) >= 11 is 13.2. The highest BCUT2D eigenvalue weighted by molar-refractivity contribution is 7.92. The van der Waals surface area contributed by atoms with Crippen LogP contribution in [-0.4, -0.2) is 24.1 Å². The molecule has 2 aromatic heterocycles. The Morgan fingerprint density at radius 1 is 0.889 bits per heavy atom. The molecule has 2 N–H and O–H groups in total. The Morgan fingerprint density at radius 3 is 2.11 bits per heavy atom. The Kier molecular flexibility index (Phi) is 6.48. The highest BCUT2D eigenvalue weighted by atomic mass is 35.5. The van der Waals surface area contributed by atoms with Crippen LogP contribution < -0.4 is 10.0 Å². The molecular formula is C25H18Cl2N4O3S2. The highest BCUT2D eigenvalue weighted by Crippen LogP contribution is 2.31. The number of benzene rings is 3. The van der Waals surface area contributed by atoms with E-state index in [0.29, 0.717) is 26.3 Å². The first-order chi connectivity index (χ1) is 17.2. The van der Waals surface area contributed by atoms with Gasteiger partial charge in [-0.05, 0) is 85.8 Å². The number of sulfonamides is 1. The predicted molar refractivity (Wildman–Crippen MR) is 145 cm³/mol. The Hall–Kier alpha value is -3.37. The second-order valence-electron chi connectivity index (χ2n) is 7.89. The van der Waals surface area contributed by atoms with Gasteiger partial charge >= 0.3 is 0 Å². The van der Waals surface area contributed by atoms with Crippen LogP contribution in [-0.2, 0) is 10.0 Å². The second kappa shape index (κ2) is 9.59. The van der Waals surface area contributed by atoms with Crippen LogP contribution in [0.3, 0.4) is 0 Å². The standard InChI is InChI=1S/C25H18Cl2N4O3S2/c1-15-22-14-23(35-25(22)31(29-15)20-10-4-17(27)5-11-20)24(32)28-18-8-12-21(13-9-18)36(33,34)30-19-6-2-16(26)3-7-19/h2-14,30H,1H3,(H,28,32). The molecule has 0 aliphatic carbocycles. The van der Waals surface area contributed by atoms with Crippen LogP contribution >= 0.6 is 34.5 Å². The zero-order valence-corrected chi connectivity index (χ0v) is 21.8. The van der Waals surface area contributed by atoms with Gasteiger partial charge < -0.3 is 5.32 Å². The van der Waals surface area contributed by atoms with Gasteiger partial charge in [0.25, 0.3) is 15.9 Å². The largest absolute Gasteiger partial charge is 0.321 e. The zero-order valence-electron chi connectivity index (χ0n) is 18.7. The van der Waals surface area contributed by atoms with Crippen molar-refractivity contribution in [3.8, 4) is 5.69 Å². The molecule has 0 spiro atoms. The third-order valence-corrected chi connectivity index (χ3v) is 8.37. The number of carbonyl (C=O) groups excluding carboxylic acids is 1. The molecule has 0 bridgehead atoms. The van der Waals surface area contributed by atoms with Crippen molar-refractivity contribution in [1.82, 2.24) is 9.78 Å². The molecule has 0 fully saturated rings. The molecule has 0 saturated carbocycles. The number of nitrogens with zero attached hydrogens (tertiary/aromatic N) is 2. The molecule has 2 heterocycles. The van der Waals surface area contributed by atoms with E-state index in [0.717, 1.165) is 21.6 Å². The van der Waals surface area contributed by atoms with Crippen molar-refractivity contribution in [2.24, 2.45) is 0 Å². The molecule has 0 saturated heterocycles. The molecule has 182 valence electrons. The van der Waals surface area contributed by atoms with Crippen LogP contribution in [0.4, 0.5) is 11.4 Å². The number of aryl methyl sites for hydroxylation is 1. The number of anilines is 2. The van der Waals surface area contributed by atoms with E-state index in [9.17, 15) is 13.2 Å². The quantitative estimate of drug-likeness (QED) is 0.241. The number of hydrogen-bond donors (Lipinski definition) is 2. The first kappa shape index (κ1) is 24.3. The first-order valence-corrected chi connectivity index (χ1v) is 13.7. The number of hydrogen-bond acceptors (Lipinski definition) is 5. The van der Waals surface area contributed by atoms with Crippen LogP contribution in [0.15, 0.2) is 83.8 Å². The van der Waals surface area contributed by atoms with Crippen molar-refractivity contribution < 1.29 is 13.2 Å². The van der Waals surface area contributed by atoms with Crippen LogP contribution in [0.2, 0.25) is 10.0 Å².